The molecular weight excluding hydrogens is 622 g/mol. The highest BCUT2D eigenvalue weighted by molar-refractivity contribution is 5.72. The molecule has 5 N–H and O–H groups in total. The number of hydrogen-bond acceptors (Lipinski definition) is 13. The second-order valence-corrected chi connectivity index (χ2v) is 15.8. The van der Waals surface area contributed by atoms with Crippen molar-refractivity contribution in [2.45, 2.75) is 147 Å². The summed E-state index contributed by atoms with van der Waals surface area (Å²) in [5, 5.41) is 34.7. The molecule has 3 fully saturated rings. The first-order chi connectivity index (χ1) is 22.2. The highest BCUT2D eigenvalue weighted by atomic mass is 16.7. The number of aliphatic hydroxyl groups is 3. The second-order valence-electron chi connectivity index (χ2n) is 15.8. The zero-order chi connectivity index (χ0) is 36.3. The normalized spacial score (nSPS) is 48.1. The van der Waals surface area contributed by atoms with Crippen LogP contribution in [0.3, 0.4) is 0 Å². The van der Waals surface area contributed by atoms with Crippen molar-refractivity contribution in [3.8, 4) is 0 Å². The molecule has 0 amide bonds. The number of esters is 1. The summed E-state index contributed by atoms with van der Waals surface area (Å²) in [5.41, 5.74) is 4.34. The minimum Gasteiger partial charge on any atom is -0.464 e. The first kappa shape index (κ1) is 41.5. The molecule has 3 saturated heterocycles. The van der Waals surface area contributed by atoms with Gasteiger partial charge in [0.05, 0.1) is 41.5 Å². The van der Waals surface area contributed by atoms with Crippen molar-refractivity contribution in [3.05, 3.63) is 0 Å². The third-order valence-corrected chi connectivity index (χ3v) is 11.2. The van der Waals surface area contributed by atoms with E-state index in [9.17, 15) is 20.1 Å². The van der Waals surface area contributed by atoms with E-state index in [0.717, 1.165) is 0 Å². The Bertz CT molecular complexity index is 1020. The van der Waals surface area contributed by atoms with E-state index in [2.05, 4.69) is 11.8 Å². The predicted octanol–water partition coefficient (Wildman–Crippen LogP) is 1.59. The lowest BCUT2D eigenvalue weighted by Crippen LogP contribution is -2.60. The summed E-state index contributed by atoms with van der Waals surface area (Å²) in [6.07, 6.45) is -5.40. The van der Waals surface area contributed by atoms with E-state index in [1.165, 1.54) is 7.11 Å². The Morgan fingerprint density at radius 3 is 2.25 bits per heavy atom. The van der Waals surface area contributed by atoms with Gasteiger partial charge in [0.2, 0.25) is 0 Å². The van der Waals surface area contributed by atoms with E-state index in [1.54, 1.807) is 27.7 Å². The zero-order valence-electron chi connectivity index (χ0n) is 31.5. The Kier molecular flexibility index (Phi) is 14.7. The molecule has 0 aromatic carbocycles. The molecule has 0 aromatic rings. The molecule has 3 aliphatic rings. The van der Waals surface area contributed by atoms with Gasteiger partial charge in [0.25, 0.3) is 0 Å². The topological polar surface area (TPSA) is 166 Å². The fourth-order valence-electron chi connectivity index (χ4n) is 8.01. The number of methoxy groups -OCH3 is 1. The van der Waals surface area contributed by atoms with Crippen LogP contribution in [0.4, 0.5) is 0 Å². The van der Waals surface area contributed by atoms with Crippen molar-refractivity contribution < 1.29 is 48.5 Å². The van der Waals surface area contributed by atoms with Crippen molar-refractivity contribution in [2.75, 3.05) is 47.9 Å². The molecule has 3 heterocycles. The third-order valence-electron chi connectivity index (χ3n) is 11.2. The summed E-state index contributed by atoms with van der Waals surface area (Å²) in [5.74, 6) is -1.93. The van der Waals surface area contributed by atoms with Crippen molar-refractivity contribution in [2.24, 2.45) is 29.4 Å². The lowest BCUT2D eigenvalue weighted by molar-refractivity contribution is -0.317. The zero-order valence-corrected chi connectivity index (χ0v) is 31.5. The molecule has 3 rings (SSSR count). The molecule has 0 spiro atoms. The largest absolute Gasteiger partial charge is 0.464 e. The predicted molar refractivity (Wildman–Crippen MR) is 181 cm³/mol. The fourth-order valence-corrected chi connectivity index (χ4v) is 8.01. The van der Waals surface area contributed by atoms with Crippen molar-refractivity contribution >= 4 is 5.97 Å². The molecule has 13 nitrogen and oxygen atoms in total. The Labute approximate surface area is 288 Å². The van der Waals surface area contributed by atoms with Crippen LogP contribution in [0, 0.1) is 23.7 Å². The molecule has 0 unspecified atom stereocenters. The maximum absolute atomic E-state index is 13.7. The molecule has 0 bridgehead atoms. The van der Waals surface area contributed by atoms with Crippen LogP contribution in [0.5, 0.6) is 0 Å². The number of likely N-dealkylation sites (N-methyl/N-ethyl adjacent to an activating group) is 2. The first-order valence-electron chi connectivity index (χ1n) is 17.7. The number of aliphatic hydroxyl groups excluding tert-OH is 2. The van der Waals surface area contributed by atoms with E-state index in [1.807, 2.05) is 46.8 Å². The number of hydrogen-bond donors (Lipinski definition) is 4. The van der Waals surface area contributed by atoms with Gasteiger partial charge in [0, 0.05) is 44.6 Å². The van der Waals surface area contributed by atoms with Gasteiger partial charge in [-0.2, -0.15) is 0 Å². The van der Waals surface area contributed by atoms with E-state index in [0.29, 0.717) is 19.5 Å². The number of nitrogens with zero attached hydrogens (tertiary/aromatic N) is 2. The molecule has 13 heteroatoms. The number of cyclic esters (lactones) is 1. The van der Waals surface area contributed by atoms with Gasteiger partial charge in [0.15, 0.2) is 12.6 Å². The lowest BCUT2D eigenvalue weighted by Gasteiger charge is -2.49. The van der Waals surface area contributed by atoms with Crippen molar-refractivity contribution in [3.63, 3.8) is 0 Å². The van der Waals surface area contributed by atoms with E-state index >= 15 is 0 Å². The Hall–Kier alpha value is -0.970. The highest BCUT2D eigenvalue weighted by Gasteiger charge is 2.51. The third kappa shape index (κ3) is 9.87. The van der Waals surface area contributed by atoms with Crippen LogP contribution in [0.1, 0.15) is 74.7 Å². The number of carbonyl (C=O) groups is 1. The lowest BCUT2D eigenvalue weighted by atomic mass is 9.75. The summed E-state index contributed by atoms with van der Waals surface area (Å²) in [4.78, 5) is 17.7. The van der Waals surface area contributed by atoms with Crippen molar-refractivity contribution in [1.29, 1.82) is 0 Å². The van der Waals surface area contributed by atoms with Crippen LogP contribution < -0.4 is 5.73 Å². The van der Waals surface area contributed by atoms with Crippen LogP contribution in [0.25, 0.3) is 0 Å². The van der Waals surface area contributed by atoms with E-state index < -0.39 is 72.1 Å². The molecule has 282 valence electrons. The molecule has 3 aliphatic heterocycles. The van der Waals surface area contributed by atoms with Gasteiger partial charge in [-0.1, -0.05) is 20.8 Å². The number of ether oxygens (including phenoxy) is 6. The summed E-state index contributed by atoms with van der Waals surface area (Å²) < 4.78 is 37.2. The van der Waals surface area contributed by atoms with E-state index in [-0.39, 0.29) is 49.5 Å². The van der Waals surface area contributed by atoms with Crippen LogP contribution in [0.2, 0.25) is 0 Å². The van der Waals surface area contributed by atoms with Crippen LogP contribution >= 0.6 is 0 Å². The Morgan fingerprint density at radius 2 is 1.65 bits per heavy atom. The van der Waals surface area contributed by atoms with Gasteiger partial charge in [0.1, 0.15) is 18.8 Å². The molecule has 0 aliphatic carbocycles. The van der Waals surface area contributed by atoms with Gasteiger partial charge in [-0.25, -0.2) is 0 Å². The summed E-state index contributed by atoms with van der Waals surface area (Å²) in [6.45, 7) is 16.3. The summed E-state index contributed by atoms with van der Waals surface area (Å²) >= 11 is 0. The maximum Gasteiger partial charge on any atom is 0.311 e. The van der Waals surface area contributed by atoms with Crippen molar-refractivity contribution in [1.82, 2.24) is 9.80 Å². The standard InChI is InChI=1S/C35H67N3O10/c1-19-16-34(7,42)31(48-33-28(39)25(37(9)10)15-21(3)45-33)22(4)29(47-26-17-35(8,43-12)30(40)24(6)46-26)23(5)32(41)44-14-13-38(11)18-20(2)27(19)36/h19-31,33,39-40,42H,13-18,36H2,1-12H3/t19-,20-,21-,22+,23-,24+,25+,26+,27+,28-,29+,30+,31-,33+,34-,35-/m1/s1. The second kappa shape index (κ2) is 17.0. The monoisotopic (exact) mass is 689 g/mol. The Morgan fingerprint density at radius 1 is 1.00 bits per heavy atom. The molecule has 16 atom stereocenters. The molecule has 0 aromatic heterocycles. The average Bonchev–Trinajstić information content (AvgIpc) is 3.00. The van der Waals surface area contributed by atoms with Gasteiger partial charge < -0.3 is 59.3 Å². The van der Waals surface area contributed by atoms with Gasteiger partial charge in [-0.15, -0.1) is 0 Å². The quantitative estimate of drug-likeness (QED) is 0.298. The maximum atomic E-state index is 13.7. The number of carbonyl (C=O) groups excluding carboxylic acids is 1. The average molecular weight is 690 g/mol. The van der Waals surface area contributed by atoms with Crippen LogP contribution in [-0.2, 0) is 33.2 Å². The smallest absolute Gasteiger partial charge is 0.311 e. The molecular formula is C35H67N3O10. The fraction of sp³-hybridized carbons (Fsp3) is 0.971. The minimum atomic E-state index is -1.50. The van der Waals surface area contributed by atoms with E-state index in [4.69, 9.17) is 34.2 Å². The Balaban J connectivity index is 2.09. The summed E-state index contributed by atoms with van der Waals surface area (Å²) in [7, 11) is 7.31. The first-order valence-corrected chi connectivity index (χ1v) is 17.7. The summed E-state index contributed by atoms with van der Waals surface area (Å²) in [6, 6.07) is -0.471. The van der Waals surface area contributed by atoms with Gasteiger partial charge in [-0.05, 0) is 80.4 Å². The molecule has 0 radical (unpaired) electrons. The number of nitrogens with two attached hydrogens (primary N) is 1. The SMILES string of the molecule is CO[C@]1(C)C[C@H](O[C@H]2[C@H](C)[C@@H](O[C@@H]3O[C@H](C)C[C@H](N(C)C)[C@H]3O)[C@](C)(O)C[C@@H](C)[C@H](N)[C@H](C)CN(C)CCOC(=O)[C@@H]2C)O[C@@H](C)[C@@H]1O. The number of rotatable bonds is 6. The minimum absolute atomic E-state index is 0.0921. The van der Waals surface area contributed by atoms with Gasteiger partial charge in [-0.3, -0.25) is 4.79 Å². The van der Waals surface area contributed by atoms with Crippen LogP contribution in [-0.4, -0.2) is 152 Å². The van der Waals surface area contributed by atoms with Gasteiger partial charge >= 0.3 is 5.97 Å². The van der Waals surface area contributed by atoms with Crippen LogP contribution in [0.15, 0.2) is 0 Å². The highest BCUT2D eigenvalue weighted by Crippen LogP contribution is 2.39. The molecule has 48 heavy (non-hydrogen) atoms. The molecule has 0 saturated carbocycles.